The van der Waals surface area contributed by atoms with E-state index in [-0.39, 0.29) is 29.9 Å². The Morgan fingerprint density at radius 2 is 2.00 bits per heavy atom. The van der Waals surface area contributed by atoms with Gasteiger partial charge in [0.15, 0.2) is 11.5 Å². The first-order chi connectivity index (χ1) is 15.4. The molecule has 1 aliphatic rings. The molecule has 2 aromatic carbocycles. The number of nitrogens with zero attached hydrogens (tertiary/aromatic N) is 1. The van der Waals surface area contributed by atoms with Gasteiger partial charge in [-0.3, -0.25) is 9.59 Å². The molecule has 0 bridgehead atoms. The minimum absolute atomic E-state index is 0.00365. The molecule has 7 nitrogen and oxygen atoms in total. The van der Waals surface area contributed by atoms with Crippen LogP contribution in [0.3, 0.4) is 0 Å². The third-order valence-electron chi connectivity index (χ3n) is 4.72. The van der Waals surface area contributed by atoms with Gasteiger partial charge in [0.25, 0.3) is 0 Å². The maximum Gasteiger partial charge on any atom is 0.387 e. The van der Waals surface area contributed by atoms with Crippen molar-refractivity contribution in [1.82, 2.24) is 10.6 Å². The number of hydrogen-bond donors (Lipinski definition) is 2. The number of nitrogens with one attached hydrogen (secondary N) is 2. The molecule has 1 saturated heterocycles. The summed E-state index contributed by atoms with van der Waals surface area (Å²) in [6.07, 6.45) is 2.92. The third-order valence-corrected chi connectivity index (χ3v) is 4.72. The van der Waals surface area contributed by atoms with Crippen LogP contribution in [-0.2, 0) is 16.1 Å². The van der Waals surface area contributed by atoms with E-state index >= 15 is 0 Å². The number of halogens is 2. The van der Waals surface area contributed by atoms with E-state index in [4.69, 9.17) is 4.74 Å². The molecule has 1 fully saturated rings. The molecule has 0 aliphatic carbocycles. The highest BCUT2D eigenvalue weighted by Gasteiger charge is 2.16. The topological polar surface area (TPSA) is 79.9 Å². The van der Waals surface area contributed by atoms with Crippen LogP contribution < -0.4 is 25.0 Å². The van der Waals surface area contributed by atoms with E-state index in [9.17, 15) is 18.4 Å². The Morgan fingerprint density at radius 1 is 1.22 bits per heavy atom. The minimum Gasteiger partial charge on any atom is -0.490 e. The lowest BCUT2D eigenvalue weighted by molar-refractivity contribution is -0.120. The van der Waals surface area contributed by atoms with Gasteiger partial charge in [0.1, 0.15) is 0 Å². The van der Waals surface area contributed by atoms with Gasteiger partial charge in [-0.15, -0.1) is 0 Å². The molecule has 0 radical (unpaired) electrons. The zero-order valence-electron chi connectivity index (χ0n) is 17.6. The number of alkyl halides is 2. The van der Waals surface area contributed by atoms with Crippen LogP contribution in [0.4, 0.5) is 14.5 Å². The number of hydrogen-bond acceptors (Lipinski definition) is 5. The fourth-order valence-corrected chi connectivity index (χ4v) is 3.19. The molecule has 9 heteroatoms. The van der Waals surface area contributed by atoms with Gasteiger partial charge in [-0.1, -0.05) is 18.2 Å². The number of benzene rings is 2. The van der Waals surface area contributed by atoms with Crippen LogP contribution in [0.15, 0.2) is 48.5 Å². The summed E-state index contributed by atoms with van der Waals surface area (Å²) in [6.45, 7) is 1.13. The van der Waals surface area contributed by atoms with Crippen LogP contribution in [0.5, 0.6) is 11.5 Å². The molecule has 32 heavy (non-hydrogen) atoms. The highest BCUT2D eigenvalue weighted by atomic mass is 19.3. The summed E-state index contributed by atoms with van der Waals surface area (Å²) in [5.41, 5.74) is 2.49. The van der Waals surface area contributed by atoms with Gasteiger partial charge in [-0.2, -0.15) is 8.78 Å². The normalized spacial score (nSPS) is 13.9. The molecule has 0 atom stereocenters. The molecule has 2 aromatic rings. The molecule has 0 spiro atoms. The van der Waals surface area contributed by atoms with Crippen LogP contribution in [-0.4, -0.2) is 44.7 Å². The van der Waals surface area contributed by atoms with Gasteiger partial charge in [0.05, 0.1) is 13.2 Å². The summed E-state index contributed by atoms with van der Waals surface area (Å²) in [5.74, 6) is -0.171. The summed E-state index contributed by atoms with van der Waals surface area (Å²) in [6, 6.07) is 12.1. The molecule has 170 valence electrons. The van der Waals surface area contributed by atoms with E-state index in [1.807, 2.05) is 29.2 Å². The molecule has 2 N–H and O–H groups in total. The van der Waals surface area contributed by atoms with E-state index < -0.39 is 6.61 Å². The summed E-state index contributed by atoms with van der Waals surface area (Å²) >= 11 is 0. The van der Waals surface area contributed by atoms with Crippen molar-refractivity contribution in [3.8, 4) is 11.5 Å². The number of anilines is 1. The van der Waals surface area contributed by atoms with Crippen molar-refractivity contribution in [2.45, 2.75) is 20.1 Å². The van der Waals surface area contributed by atoms with Gasteiger partial charge < -0.3 is 25.0 Å². The first-order valence-corrected chi connectivity index (χ1v) is 10.2. The fourth-order valence-electron chi connectivity index (χ4n) is 3.19. The van der Waals surface area contributed by atoms with Gasteiger partial charge >= 0.3 is 6.61 Å². The van der Waals surface area contributed by atoms with Gasteiger partial charge in [-0.05, 0) is 48.4 Å². The fraction of sp³-hybridized carbons (Fsp3) is 0.304. The number of carbonyl (C=O) groups is 2. The monoisotopic (exact) mass is 445 g/mol. The highest BCUT2D eigenvalue weighted by Crippen LogP contribution is 2.30. The van der Waals surface area contributed by atoms with E-state index in [0.29, 0.717) is 25.2 Å². The lowest BCUT2D eigenvalue weighted by Gasteiger charge is -2.28. The summed E-state index contributed by atoms with van der Waals surface area (Å²) in [4.78, 5) is 25.7. The molecule has 0 unspecified atom stereocenters. The predicted octanol–water partition coefficient (Wildman–Crippen LogP) is 2.95. The Bertz CT molecular complexity index is 964. The summed E-state index contributed by atoms with van der Waals surface area (Å²) in [7, 11) is 0. The second-order valence-corrected chi connectivity index (χ2v) is 7.01. The highest BCUT2D eigenvalue weighted by molar-refractivity contribution is 5.91. The van der Waals surface area contributed by atoms with Crippen molar-refractivity contribution in [2.75, 3.05) is 31.1 Å². The number of rotatable bonds is 9. The summed E-state index contributed by atoms with van der Waals surface area (Å²) < 4.78 is 34.7. The first kappa shape index (κ1) is 23.1. The van der Waals surface area contributed by atoms with E-state index in [1.165, 1.54) is 18.2 Å². The molecule has 2 amide bonds. The Hall–Kier alpha value is -3.62. The number of piperazine rings is 1. The van der Waals surface area contributed by atoms with Crippen molar-refractivity contribution >= 4 is 23.6 Å². The smallest absolute Gasteiger partial charge is 0.387 e. The van der Waals surface area contributed by atoms with Gasteiger partial charge in [0.2, 0.25) is 11.8 Å². The van der Waals surface area contributed by atoms with Crippen LogP contribution in [0, 0.1) is 0 Å². The van der Waals surface area contributed by atoms with Crippen LogP contribution >= 0.6 is 0 Å². The summed E-state index contributed by atoms with van der Waals surface area (Å²) in [5, 5.41) is 5.59. The average molecular weight is 445 g/mol. The number of ether oxygens (including phenoxy) is 2. The molecule has 0 saturated carbocycles. The number of amides is 2. The molecule has 0 aromatic heterocycles. The largest absolute Gasteiger partial charge is 0.490 e. The molecular formula is C23H25F2N3O4. The van der Waals surface area contributed by atoms with Crippen LogP contribution in [0.1, 0.15) is 18.1 Å². The zero-order chi connectivity index (χ0) is 22.9. The van der Waals surface area contributed by atoms with E-state index in [2.05, 4.69) is 15.4 Å². The standard InChI is InChI=1S/C23H25F2N3O4/c1-2-31-20-13-16(5-9-19(20)32-23(24)25)6-10-21(29)27-14-17-3-7-18(8-4-17)28-12-11-26-22(30)15-28/h3-10,13,23H,2,11-12,14-15H2,1H3,(H,26,30)(H,27,29)/b10-6+. The zero-order valence-corrected chi connectivity index (χ0v) is 17.6. The number of carbonyl (C=O) groups excluding carboxylic acids is 2. The van der Waals surface area contributed by atoms with Crippen molar-refractivity contribution in [1.29, 1.82) is 0 Å². The quantitative estimate of drug-likeness (QED) is 0.581. The van der Waals surface area contributed by atoms with Crippen molar-refractivity contribution in [3.63, 3.8) is 0 Å². The molecule has 1 heterocycles. The minimum atomic E-state index is -2.95. The second kappa shape index (κ2) is 11.1. The molecule has 3 rings (SSSR count). The van der Waals surface area contributed by atoms with Crippen molar-refractivity contribution in [2.24, 2.45) is 0 Å². The maximum atomic E-state index is 12.5. The van der Waals surface area contributed by atoms with Crippen LogP contribution in [0.2, 0.25) is 0 Å². The third kappa shape index (κ3) is 6.69. The second-order valence-electron chi connectivity index (χ2n) is 7.01. The average Bonchev–Trinajstić information content (AvgIpc) is 2.78. The Labute approximate surface area is 185 Å². The van der Waals surface area contributed by atoms with Crippen molar-refractivity contribution < 1.29 is 27.8 Å². The molecular weight excluding hydrogens is 420 g/mol. The first-order valence-electron chi connectivity index (χ1n) is 10.2. The van der Waals surface area contributed by atoms with Gasteiger partial charge in [0, 0.05) is 31.4 Å². The van der Waals surface area contributed by atoms with E-state index in [0.717, 1.165) is 17.8 Å². The Kier molecular flexibility index (Phi) is 8.02. The lowest BCUT2D eigenvalue weighted by Crippen LogP contribution is -2.47. The van der Waals surface area contributed by atoms with E-state index in [1.54, 1.807) is 19.1 Å². The SMILES string of the molecule is CCOc1cc(/C=C/C(=O)NCc2ccc(N3CCNC(=O)C3)cc2)ccc1OC(F)F. The molecule has 1 aliphatic heterocycles. The Morgan fingerprint density at radius 3 is 2.69 bits per heavy atom. The Balaban J connectivity index is 1.54. The van der Waals surface area contributed by atoms with Crippen molar-refractivity contribution in [3.05, 3.63) is 59.7 Å². The predicted molar refractivity (Wildman–Crippen MR) is 117 cm³/mol. The van der Waals surface area contributed by atoms with Gasteiger partial charge in [-0.25, -0.2) is 0 Å². The maximum absolute atomic E-state index is 12.5. The lowest BCUT2D eigenvalue weighted by atomic mass is 10.1. The van der Waals surface area contributed by atoms with Crippen LogP contribution in [0.25, 0.3) is 6.08 Å².